The van der Waals surface area contributed by atoms with Crippen LogP contribution in [0.15, 0.2) is 191 Å². The van der Waals surface area contributed by atoms with Crippen LogP contribution in [0.2, 0.25) is 0 Å². The minimum Gasteiger partial charge on any atom is -0.456 e. The predicted molar refractivity (Wildman–Crippen MR) is 210 cm³/mol. The quantitative estimate of drug-likeness (QED) is 0.179. The van der Waals surface area contributed by atoms with Crippen molar-refractivity contribution in [2.45, 2.75) is 0 Å². The number of nitrogens with zero attached hydrogens (tertiary/aromatic N) is 2. The van der Waals surface area contributed by atoms with Crippen molar-refractivity contribution in [3.8, 4) is 33.7 Å². The fraction of sp³-hybridized carbons (Fsp3) is 0. The lowest BCUT2D eigenvalue weighted by Gasteiger charge is -2.29. The third-order valence-corrected chi connectivity index (χ3v) is 9.70. The van der Waals surface area contributed by atoms with Gasteiger partial charge in [0.05, 0.1) is 16.8 Å². The molecule has 240 valence electrons. The Morgan fingerprint density at radius 3 is 1.88 bits per heavy atom. The smallest absolute Gasteiger partial charge is 0.227 e. The summed E-state index contributed by atoms with van der Waals surface area (Å²) in [6.45, 7) is 0. The number of hydrogen-bond donors (Lipinski definition) is 0. The van der Waals surface area contributed by atoms with Gasteiger partial charge in [0.15, 0.2) is 5.58 Å². The van der Waals surface area contributed by atoms with Crippen molar-refractivity contribution in [1.29, 1.82) is 0 Å². The van der Waals surface area contributed by atoms with Crippen LogP contribution in [0.4, 0.5) is 17.1 Å². The van der Waals surface area contributed by atoms with E-state index in [1.54, 1.807) is 0 Å². The van der Waals surface area contributed by atoms with Gasteiger partial charge in [-0.05, 0) is 63.9 Å². The lowest BCUT2D eigenvalue weighted by molar-refractivity contribution is 0.617. The zero-order chi connectivity index (χ0) is 33.7. The van der Waals surface area contributed by atoms with Crippen molar-refractivity contribution in [3.63, 3.8) is 0 Å². The molecule has 0 fully saturated rings. The number of aromatic nitrogens is 1. The molecule has 0 N–H and O–H groups in total. The molecule has 0 aliphatic carbocycles. The van der Waals surface area contributed by atoms with Gasteiger partial charge >= 0.3 is 0 Å². The van der Waals surface area contributed by atoms with E-state index in [9.17, 15) is 0 Å². The minimum atomic E-state index is 0.561. The Morgan fingerprint density at radius 2 is 1.06 bits per heavy atom. The Labute approximate surface area is 294 Å². The maximum atomic E-state index is 6.57. The SMILES string of the molecule is c1ccc(-c2ccc(N(c3ccccc3-c3cccc4ccccc34)c3c4nc(-c5ccccc5)oc4cc4oc5ccccc5c34)cc2)cc1. The van der Waals surface area contributed by atoms with Crippen molar-refractivity contribution in [3.05, 3.63) is 182 Å². The topological polar surface area (TPSA) is 42.4 Å². The van der Waals surface area contributed by atoms with E-state index < -0.39 is 0 Å². The summed E-state index contributed by atoms with van der Waals surface area (Å²) < 4.78 is 13.1. The zero-order valence-corrected chi connectivity index (χ0v) is 27.5. The summed E-state index contributed by atoms with van der Waals surface area (Å²) in [5.41, 5.74) is 11.4. The molecule has 10 aromatic rings. The molecule has 0 bridgehead atoms. The lowest BCUT2D eigenvalue weighted by atomic mass is 9.95. The van der Waals surface area contributed by atoms with Crippen LogP contribution in [0.1, 0.15) is 0 Å². The van der Waals surface area contributed by atoms with Crippen LogP contribution in [-0.4, -0.2) is 4.98 Å². The second-order valence-corrected chi connectivity index (χ2v) is 12.7. The van der Waals surface area contributed by atoms with E-state index in [0.717, 1.165) is 66.8 Å². The molecule has 8 aromatic carbocycles. The van der Waals surface area contributed by atoms with Gasteiger partial charge < -0.3 is 13.7 Å². The van der Waals surface area contributed by atoms with Crippen LogP contribution < -0.4 is 4.90 Å². The average molecular weight is 655 g/mol. The van der Waals surface area contributed by atoms with Gasteiger partial charge in [-0.3, -0.25) is 0 Å². The molecule has 0 unspecified atom stereocenters. The van der Waals surface area contributed by atoms with Crippen molar-refractivity contribution in [2.75, 3.05) is 4.90 Å². The van der Waals surface area contributed by atoms with E-state index in [0.29, 0.717) is 11.5 Å². The van der Waals surface area contributed by atoms with Gasteiger partial charge in [-0.15, -0.1) is 0 Å². The fourth-order valence-electron chi connectivity index (χ4n) is 7.35. The fourth-order valence-corrected chi connectivity index (χ4v) is 7.35. The molecule has 0 amide bonds. The minimum absolute atomic E-state index is 0.561. The van der Waals surface area contributed by atoms with Gasteiger partial charge in [0, 0.05) is 28.3 Å². The highest BCUT2D eigenvalue weighted by Gasteiger charge is 2.27. The summed E-state index contributed by atoms with van der Waals surface area (Å²) >= 11 is 0. The molecule has 2 aromatic heterocycles. The molecule has 0 radical (unpaired) electrons. The summed E-state index contributed by atoms with van der Waals surface area (Å²) in [4.78, 5) is 7.60. The van der Waals surface area contributed by atoms with E-state index in [2.05, 4.69) is 132 Å². The first-order chi connectivity index (χ1) is 25.3. The maximum absolute atomic E-state index is 6.57. The Morgan fingerprint density at radius 1 is 0.431 bits per heavy atom. The number of benzene rings is 8. The molecule has 4 nitrogen and oxygen atoms in total. The van der Waals surface area contributed by atoms with Gasteiger partial charge in [0.2, 0.25) is 5.89 Å². The second-order valence-electron chi connectivity index (χ2n) is 12.7. The van der Waals surface area contributed by atoms with Gasteiger partial charge in [-0.1, -0.05) is 140 Å². The first-order valence-corrected chi connectivity index (χ1v) is 17.1. The summed E-state index contributed by atoms with van der Waals surface area (Å²) in [7, 11) is 0. The zero-order valence-electron chi connectivity index (χ0n) is 27.5. The largest absolute Gasteiger partial charge is 0.456 e. The van der Waals surface area contributed by atoms with E-state index in [-0.39, 0.29) is 0 Å². The molecule has 4 heteroatoms. The van der Waals surface area contributed by atoms with Crippen LogP contribution in [0, 0.1) is 0 Å². The molecule has 0 aliphatic rings. The van der Waals surface area contributed by atoms with Gasteiger partial charge in [-0.2, -0.15) is 0 Å². The summed E-state index contributed by atoms with van der Waals surface area (Å²) in [6, 6.07) is 63.3. The number of para-hydroxylation sites is 2. The van der Waals surface area contributed by atoms with E-state index in [1.807, 2.05) is 54.6 Å². The first kappa shape index (κ1) is 29.0. The maximum Gasteiger partial charge on any atom is 0.227 e. The molecule has 0 spiro atoms. The molecule has 2 heterocycles. The first-order valence-electron chi connectivity index (χ1n) is 17.1. The highest BCUT2D eigenvalue weighted by Crippen LogP contribution is 2.50. The number of rotatable bonds is 6. The molecule has 0 aliphatic heterocycles. The molecule has 51 heavy (non-hydrogen) atoms. The Kier molecular flexibility index (Phi) is 6.78. The normalized spacial score (nSPS) is 11.5. The highest BCUT2D eigenvalue weighted by molar-refractivity contribution is 6.21. The molecular weight excluding hydrogens is 625 g/mol. The number of furan rings is 1. The third-order valence-electron chi connectivity index (χ3n) is 9.70. The number of anilines is 3. The second kappa shape index (κ2) is 11.9. The average Bonchev–Trinajstić information content (AvgIpc) is 3.80. The third kappa shape index (κ3) is 4.88. The summed E-state index contributed by atoms with van der Waals surface area (Å²) in [5.74, 6) is 0.561. The van der Waals surface area contributed by atoms with Crippen LogP contribution >= 0.6 is 0 Å². The summed E-state index contributed by atoms with van der Waals surface area (Å²) in [6.07, 6.45) is 0. The lowest BCUT2D eigenvalue weighted by Crippen LogP contribution is -2.12. The van der Waals surface area contributed by atoms with Gasteiger partial charge in [0.1, 0.15) is 16.7 Å². The van der Waals surface area contributed by atoms with E-state index in [4.69, 9.17) is 13.8 Å². The van der Waals surface area contributed by atoms with E-state index in [1.165, 1.54) is 16.3 Å². The predicted octanol–water partition coefficient (Wildman–Crippen LogP) is 13.4. The number of fused-ring (bicyclic) bond motifs is 5. The van der Waals surface area contributed by atoms with Crippen molar-refractivity contribution >= 4 is 60.9 Å². The Bertz CT molecular complexity index is 2850. The standard InChI is InChI=1S/C47H30N2O2/c1-3-14-31(15-4-1)32-26-28-35(29-27-32)49(40-24-11-9-21-38(40)37-23-13-19-33-16-7-8-20-36(33)37)46-44-39-22-10-12-25-41(39)50-42(44)30-43-45(46)48-47(51-43)34-17-5-2-6-18-34/h1-30H. The van der Waals surface area contributed by atoms with Crippen molar-refractivity contribution in [2.24, 2.45) is 0 Å². The van der Waals surface area contributed by atoms with Crippen LogP contribution in [0.3, 0.4) is 0 Å². The molecule has 0 saturated heterocycles. The molecule has 0 saturated carbocycles. The number of hydrogen-bond acceptors (Lipinski definition) is 4. The van der Waals surface area contributed by atoms with Crippen molar-refractivity contribution in [1.82, 2.24) is 4.98 Å². The Hall–Kier alpha value is -6.91. The highest BCUT2D eigenvalue weighted by atomic mass is 16.4. The monoisotopic (exact) mass is 654 g/mol. The molecule has 10 rings (SSSR count). The van der Waals surface area contributed by atoms with Gasteiger partial charge in [-0.25, -0.2) is 4.98 Å². The van der Waals surface area contributed by atoms with Crippen molar-refractivity contribution < 1.29 is 8.83 Å². The van der Waals surface area contributed by atoms with Gasteiger partial charge in [0.25, 0.3) is 0 Å². The van der Waals surface area contributed by atoms with Crippen LogP contribution in [-0.2, 0) is 0 Å². The van der Waals surface area contributed by atoms with E-state index >= 15 is 0 Å². The van der Waals surface area contributed by atoms with Crippen LogP contribution in [0.25, 0.3) is 77.5 Å². The number of oxazole rings is 1. The Balaban J connectivity index is 1.31. The summed E-state index contributed by atoms with van der Waals surface area (Å²) in [5, 5.41) is 4.38. The van der Waals surface area contributed by atoms with Crippen LogP contribution in [0.5, 0.6) is 0 Å². The molecule has 0 atom stereocenters. The molecular formula is C47H30N2O2.